The molecule has 6 heteroatoms. The van der Waals surface area contributed by atoms with Crippen LogP contribution in [0.15, 0.2) is 47.4 Å². The SMILES string of the molecule is CC(O)[C@@H]1C[C@@H](S)CN1S(=O)(=O)c1ccc2ccccc2c1. The summed E-state index contributed by atoms with van der Waals surface area (Å²) < 4.78 is 27.2. The summed E-state index contributed by atoms with van der Waals surface area (Å²) in [4.78, 5) is 0.263. The highest BCUT2D eigenvalue weighted by atomic mass is 32.2. The van der Waals surface area contributed by atoms with Crippen molar-refractivity contribution in [3.05, 3.63) is 42.5 Å². The summed E-state index contributed by atoms with van der Waals surface area (Å²) in [6.45, 7) is 1.95. The standard InChI is InChI=1S/C16H19NO3S2/c1-11(18)16-9-14(21)10-17(16)22(19,20)15-7-6-12-4-2-3-5-13(12)8-15/h2-8,11,14,16,18,21H,9-10H2,1H3/t11?,14-,16+/m1/s1. The fourth-order valence-corrected chi connectivity index (χ4v) is 5.28. The van der Waals surface area contributed by atoms with Crippen molar-refractivity contribution in [1.82, 2.24) is 4.31 Å². The summed E-state index contributed by atoms with van der Waals surface area (Å²) in [7, 11) is -3.63. The number of aliphatic hydroxyl groups is 1. The van der Waals surface area contributed by atoms with E-state index in [1.807, 2.05) is 30.3 Å². The van der Waals surface area contributed by atoms with E-state index in [1.165, 1.54) is 4.31 Å². The van der Waals surface area contributed by atoms with Crippen molar-refractivity contribution >= 4 is 33.4 Å². The molecule has 3 rings (SSSR count). The number of sulfonamides is 1. The molecule has 0 amide bonds. The van der Waals surface area contributed by atoms with Crippen molar-refractivity contribution in [3.63, 3.8) is 0 Å². The van der Waals surface area contributed by atoms with Crippen LogP contribution in [0, 0.1) is 0 Å². The van der Waals surface area contributed by atoms with Gasteiger partial charge in [-0.25, -0.2) is 8.42 Å². The summed E-state index contributed by atoms with van der Waals surface area (Å²) in [6, 6.07) is 12.4. The molecule has 4 nitrogen and oxygen atoms in total. The van der Waals surface area contributed by atoms with Gasteiger partial charge in [0.1, 0.15) is 0 Å². The molecule has 1 fully saturated rings. The summed E-state index contributed by atoms with van der Waals surface area (Å²) in [5.74, 6) is 0. The van der Waals surface area contributed by atoms with E-state index in [9.17, 15) is 13.5 Å². The van der Waals surface area contributed by atoms with Gasteiger partial charge in [-0.1, -0.05) is 30.3 Å². The highest BCUT2D eigenvalue weighted by molar-refractivity contribution is 7.89. The third-order valence-electron chi connectivity index (χ3n) is 4.16. The second kappa shape index (κ2) is 5.85. The van der Waals surface area contributed by atoms with Gasteiger partial charge in [-0.3, -0.25) is 0 Å². The predicted molar refractivity (Wildman–Crippen MR) is 90.7 cm³/mol. The van der Waals surface area contributed by atoms with Gasteiger partial charge in [0, 0.05) is 11.8 Å². The van der Waals surface area contributed by atoms with Crippen molar-refractivity contribution in [1.29, 1.82) is 0 Å². The van der Waals surface area contributed by atoms with E-state index in [-0.39, 0.29) is 10.1 Å². The number of rotatable bonds is 3. The zero-order valence-electron chi connectivity index (χ0n) is 12.3. The molecule has 1 N–H and O–H groups in total. The molecule has 0 aromatic heterocycles. The molecule has 0 bridgehead atoms. The van der Waals surface area contributed by atoms with Crippen molar-refractivity contribution in [3.8, 4) is 0 Å². The third-order valence-corrected chi connectivity index (χ3v) is 6.42. The normalized spacial score (nSPS) is 24.7. The smallest absolute Gasteiger partial charge is 0.243 e. The van der Waals surface area contributed by atoms with Gasteiger partial charge in [0.2, 0.25) is 10.0 Å². The molecule has 1 saturated heterocycles. The number of aliphatic hydroxyl groups excluding tert-OH is 1. The van der Waals surface area contributed by atoms with E-state index in [0.717, 1.165) is 10.8 Å². The molecular weight excluding hydrogens is 318 g/mol. The highest BCUT2D eigenvalue weighted by Gasteiger charge is 2.41. The van der Waals surface area contributed by atoms with Crippen LogP contribution in [-0.2, 0) is 10.0 Å². The number of benzene rings is 2. The van der Waals surface area contributed by atoms with Crippen LogP contribution < -0.4 is 0 Å². The molecule has 0 aliphatic carbocycles. The summed E-state index contributed by atoms with van der Waals surface area (Å²) in [6.07, 6.45) is -0.152. The molecule has 1 aliphatic heterocycles. The number of nitrogens with zero attached hydrogens (tertiary/aromatic N) is 1. The number of hydrogen-bond acceptors (Lipinski definition) is 4. The Balaban J connectivity index is 2.03. The first-order valence-electron chi connectivity index (χ1n) is 7.26. The molecule has 2 aromatic rings. The van der Waals surface area contributed by atoms with Crippen LogP contribution in [0.1, 0.15) is 13.3 Å². The van der Waals surface area contributed by atoms with E-state index >= 15 is 0 Å². The first-order chi connectivity index (χ1) is 10.4. The molecular formula is C16H19NO3S2. The van der Waals surface area contributed by atoms with Gasteiger partial charge in [-0.2, -0.15) is 16.9 Å². The summed E-state index contributed by atoms with van der Waals surface area (Å²) in [5, 5.41) is 11.7. The van der Waals surface area contributed by atoms with Crippen molar-refractivity contribution in [2.24, 2.45) is 0 Å². The molecule has 1 heterocycles. The second-order valence-corrected chi connectivity index (χ2v) is 8.40. The van der Waals surface area contributed by atoms with Gasteiger partial charge in [-0.15, -0.1) is 0 Å². The first-order valence-corrected chi connectivity index (χ1v) is 9.22. The molecule has 1 unspecified atom stereocenters. The lowest BCUT2D eigenvalue weighted by molar-refractivity contribution is 0.123. The van der Waals surface area contributed by atoms with Crippen molar-refractivity contribution in [2.45, 2.75) is 35.6 Å². The first kappa shape index (κ1) is 15.8. The Morgan fingerprint density at radius 3 is 2.59 bits per heavy atom. The molecule has 22 heavy (non-hydrogen) atoms. The quantitative estimate of drug-likeness (QED) is 0.845. The Kier molecular flexibility index (Phi) is 4.20. The van der Waals surface area contributed by atoms with Crippen LogP contribution in [0.4, 0.5) is 0 Å². The fraction of sp³-hybridized carbons (Fsp3) is 0.375. The van der Waals surface area contributed by atoms with E-state index in [4.69, 9.17) is 0 Å². The van der Waals surface area contributed by atoms with Gasteiger partial charge in [0.15, 0.2) is 0 Å². The lowest BCUT2D eigenvalue weighted by atomic mass is 10.1. The molecule has 0 radical (unpaired) electrons. The minimum Gasteiger partial charge on any atom is -0.392 e. The maximum absolute atomic E-state index is 12.9. The summed E-state index contributed by atoms with van der Waals surface area (Å²) >= 11 is 4.39. The lowest BCUT2D eigenvalue weighted by Crippen LogP contribution is -2.41. The monoisotopic (exact) mass is 337 g/mol. The van der Waals surface area contributed by atoms with E-state index in [0.29, 0.717) is 13.0 Å². The molecule has 118 valence electrons. The number of fused-ring (bicyclic) bond motifs is 1. The van der Waals surface area contributed by atoms with E-state index in [2.05, 4.69) is 12.6 Å². The fourth-order valence-electron chi connectivity index (χ4n) is 2.99. The van der Waals surface area contributed by atoms with Gasteiger partial charge < -0.3 is 5.11 Å². The Morgan fingerprint density at radius 2 is 1.91 bits per heavy atom. The average Bonchev–Trinajstić information content (AvgIpc) is 2.90. The Bertz CT molecular complexity index is 789. The summed E-state index contributed by atoms with van der Waals surface area (Å²) in [5.41, 5.74) is 0. The largest absolute Gasteiger partial charge is 0.392 e. The molecule has 3 atom stereocenters. The zero-order valence-corrected chi connectivity index (χ0v) is 14.0. The average molecular weight is 337 g/mol. The molecule has 0 saturated carbocycles. The van der Waals surface area contributed by atoms with Crippen molar-refractivity contribution in [2.75, 3.05) is 6.54 Å². The minimum atomic E-state index is -3.63. The van der Waals surface area contributed by atoms with Crippen LogP contribution in [0.5, 0.6) is 0 Å². The lowest BCUT2D eigenvalue weighted by Gasteiger charge is -2.26. The molecule has 2 aromatic carbocycles. The minimum absolute atomic E-state index is 0.0465. The predicted octanol–water partition coefficient (Wildman–Crippen LogP) is 2.28. The number of thiol groups is 1. The van der Waals surface area contributed by atoms with Gasteiger partial charge in [-0.05, 0) is 36.2 Å². The van der Waals surface area contributed by atoms with Gasteiger partial charge in [0.05, 0.1) is 17.0 Å². The van der Waals surface area contributed by atoms with Crippen LogP contribution >= 0.6 is 12.6 Å². The van der Waals surface area contributed by atoms with Crippen LogP contribution in [0.25, 0.3) is 10.8 Å². The maximum Gasteiger partial charge on any atom is 0.243 e. The van der Waals surface area contributed by atoms with E-state index in [1.54, 1.807) is 19.1 Å². The molecule has 1 aliphatic rings. The third kappa shape index (κ3) is 2.76. The van der Waals surface area contributed by atoms with Crippen LogP contribution in [0.3, 0.4) is 0 Å². The second-order valence-electron chi connectivity index (χ2n) is 5.78. The van der Waals surface area contributed by atoms with Gasteiger partial charge >= 0.3 is 0 Å². The Labute approximate surface area is 136 Å². The number of hydrogen-bond donors (Lipinski definition) is 2. The van der Waals surface area contributed by atoms with Crippen LogP contribution in [-0.4, -0.2) is 41.8 Å². The molecule has 0 spiro atoms. The Hall–Kier alpha value is -1.08. The maximum atomic E-state index is 12.9. The Morgan fingerprint density at radius 1 is 1.23 bits per heavy atom. The topological polar surface area (TPSA) is 57.6 Å². The highest BCUT2D eigenvalue weighted by Crippen LogP contribution is 2.31. The van der Waals surface area contributed by atoms with Gasteiger partial charge in [0.25, 0.3) is 0 Å². The van der Waals surface area contributed by atoms with Crippen molar-refractivity contribution < 1.29 is 13.5 Å². The van der Waals surface area contributed by atoms with E-state index < -0.39 is 22.2 Å². The van der Waals surface area contributed by atoms with Crippen LogP contribution in [0.2, 0.25) is 0 Å². The zero-order chi connectivity index (χ0) is 15.9.